The van der Waals surface area contributed by atoms with Crippen LogP contribution in [0.15, 0.2) is 18.2 Å². The van der Waals surface area contributed by atoms with Crippen molar-refractivity contribution in [1.29, 1.82) is 0 Å². The molecule has 0 unspecified atom stereocenters. The topological polar surface area (TPSA) is 52.6 Å². The standard InChI is InChI=1S/C10H9ClO4/c1-6-4-3-5-8(9(6)11)10(13)15-14-7(2)12/h3-5H,1-2H3. The Hall–Kier alpha value is -1.55. The van der Waals surface area contributed by atoms with Crippen molar-refractivity contribution in [3.63, 3.8) is 0 Å². The summed E-state index contributed by atoms with van der Waals surface area (Å²) in [7, 11) is 0. The molecule has 0 aromatic heterocycles. The van der Waals surface area contributed by atoms with Gasteiger partial charge in [-0.3, -0.25) is 0 Å². The van der Waals surface area contributed by atoms with Crippen LogP contribution in [0, 0.1) is 6.92 Å². The number of rotatable bonds is 1. The van der Waals surface area contributed by atoms with Crippen LogP contribution in [0.3, 0.4) is 0 Å². The Kier molecular flexibility index (Phi) is 3.68. The molecular formula is C10H9ClO4. The van der Waals surface area contributed by atoms with E-state index in [0.29, 0.717) is 0 Å². The van der Waals surface area contributed by atoms with Gasteiger partial charge in [-0.05, 0) is 18.6 Å². The van der Waals surface area contributed by atoms with Crippen LogP contribution in [-0.2, 0) is 14.6 Å². The lowest BCUT2D eigenvalue weighted by molar-refractivity contribution is -0.231. The first kappa shape index (κ1) is 11.5. The molecule has 4 nitrogen and oxygen atoms in total. The molecule has 80 valence electrons. The van der Waals surface area contributed by atoms with Gasteiger partial charge in [-0.15, -0.1) is 0 Å². The molecule has 0 aliphatic carbocycles. The predicted octanol–water partition coefficient (Wildman–Crippen LogP) is 2.28. The van der Waals surface area contributed by atoms with Crippen LogP contribution in [0.4, 0.5) is 0 Å². The third-order valence-corrected chi connectivity index (χ3v) is 2.15. The fourth-order valence-electron chi connectivity index (χ4n) is 0.946. The van der Waals surface area contributed by atoms with E-state index in [0.717, 1.165) is 12.5 Å². The van der Waals surface area contributed by atoms with Crippen molar-refractivity contribution >= 4 is 23.5 Å². The van der Waals surface area contributed by atoms with Crippen LogP contribution in [0.1, 0.15) is 22.8 Å². The molecule has 0 N–H and O–H groups in total. The summed E-state index contributed by atoms with van der Waals surface area (Å²) in [6, 6.07) is 4.90. The monoisotopic (exact) mass is 228 g/mol. The van der Waals surface area contributed by atoms with Crippen LogP contribution in [0.5, 0.6) is 0 Å². The average Bonchev–Trinajstić information content (AvgIpc) is 2.18. The fourth-order valence-corrected chi connectivity index (χ4v) is 1.15. The number of hydrogen-bond donors (Lipinski definition) is 0. The van der Waals surface area contributed by atoms with Gasteiger partial charge in [-0.25, -0.2) is 19.4 Å². The van der Waals surface area contributed by atoms with Crippen LogP contribution >= 0.6 is 11.6 Å². The van der Waals surface area contributed by atoms with Crippen LogP contribution in [0.25, 0.3) is 0 Å². The SMILES string of the molecule is CC(=O)OOC(=O)c1cccc(C)c1Cl. The Morgan fingerprint density at radius 1 is 1.27 bits per heavy atom. The molecule has 0 bridgehead atoms. The largest absolute Gasteiger partial charge is 0.387 e. The lowest BCUT2D eigenvalue weighted by Gasteiger charge is -2.04. The second-order valence-corrected chi connectivity index (χ2v) is 3.26. The number of hydrogen-bond acceptors (Lipinski definition) is 4. The minimum atomic E-state index is -0.793. The van der Waals surface area contributed by atoms with Gasteiger partial charge in [0.1, 0.15) is 0 Å². The Morgan fingerprint density at radius 3 is 2.53 bits per heavy atom. The highest BCUT2D eigenvalue weighted by atomic mass is 35.5. The Bertz CT molecular complexity index is 400. The van der Waals surface area contributed by atoms with Crippen molar-refractivity contribution in [2.24, 2.45) is 0 Å². The van der Waals surface area contributed by atoms with Crippen LogP contribution in [0.2, 0.25) is 5.02 Å². The molecule has 0 aliphatic rings. The van der Waals surface area contributed by atoms with Gasteiger partial charge in [-0.2, -0.15) is 0 Å². The van der Waals surface area contributed by atoms with Gasteiger partial charge in [0.25, 0.3) is 0 Å². The molecule has 1 aromatic carbocycles. The quantitative estimate of drug-likeness (QED) is 0.547. The second-order valence-electron chi connectivity index (χ2n) is 2.88. The molecule has 0 atom stereocenters. The first-order valence-corrected chi connectivity index (χ1v) is 4.54. The molecule has 0 aliphatic heterocycles. The van der Waals surface area contributed by atoms with Gasteiger partial charge in [0.2, 0.25) is 0 Å². The molecule has 0 heterocycles. The van der Waals surface area contributed by atoms with Gasteiger partial charge in [0.15, 0.2) is 0 Å². The van der Waals surface area contributed by atoms with Crippen molar-refractivity contribution < 1.29 is 19.4 Å². The second kappa shape index (κ2) is 4.79. The highest BCUT2D eigenvalue weighted by Crippen LogP contribution is 2.20. The summed E-state index contributed by atoms with van der Waals surface area (Å²) in [5.41, 5.74) is 0.909. The van der Waals surface area contributed by atoms with Crippen molar-refractivity contribution in [3.8, 4) is 0 Å². The molecule has 0 radical (unpaired) electrons. The zero-order valence-corrected chi connectivity index (χ0v) is 9.00. The van der Waals surface area contributed by atoms with E-state index in [-0.39, 0.29) is 10.6 Å². The molecule has 0 saturated heterocycles. The maximum absolute atomic E-state index is 11.3. The molecule has 0 amide bonds. The van der Waals surface area contributed by atoms with Crippen molar-refractivity contribution in [1.82, 2.24) is 0 Å². The third-order valence-electron chi connectivity index (χ3n) is 1.65. The lowest BCUT2D eigenvalue weighted by Crippen LogP contribution is -2.09. The van der Waals surface area contributed by atoms with E-state index in [4.69, 9.17) is 11.6 Å². The number of aryl methyl sites for hydroxylation is 1. The van der Waals surface area contributed by atoms with E-state index in [2.05, 4.69) is 9.78 Å². The minimum absolute atomic E-state index is 0.165. The fraction of sp³-hybridized carbons (Fsp3) is 0.200. The summed E-state index contributed by atoms with van der Waals surface area (Å²) < 4.78 is 0. The molecule has 0 fully saturated rings. The van der Waals surface area contributed by atoms with E-state index < -0.39 is 11.9 Å². The summed E-state index contributed by atoms with van der Waals surface area (Å²) in [5.74, 6) is -1.49. The molecule has 15 heavy (non-hydrogen) atoms. The highest BCUT2D eigenvalue weighted by Gasteiger charge is 2.15. The normalized spacial score (nSPS) is 9.53. The Morgan fingerprint density at radius 2 is 1.93 bits per heavy atom. The maximum atomic E-state index is 11.3. The van der Waals surface area contributed by atoms with E-state index >= 15 is 0 Å². The Balaban J connectivity index is 2.82. The number of benzene rings is 1. The zero-order chi connectivity index (χ0) is 11.4. The van der Waals surface area contributed by atoms with Crippen molar-refractivity contribution in [2.45, 2.75) is 13.8 Å². The molecule has 5 heteroatoms. The van der Waals surface area contributed by atoms with E-state index in [1.807, 2.05) is 0 Å². The maximum Gasteiger partial charge on any atom is 0.387 e. The zero-order valence-electron chi connectivity index (χ0n) is 8.24. The van der Waals surface area contributed by atoms with Crippen molar-refractivity contribution in [3.05, 3.63) is 34.3 Å². The third kappa shape index (κ3) is 2.95. The van der Waals surface area contributed by atoms with Crippen LogP contribution < -0.4 is 0 Å². The van der Waals surface area contributed by atoms with Gasteiger partial charge < -0.3 is 0 Å². The lowest BCUT2D eigenvalue weighted by atomic mass is 10.1. The molecular weight excluding hydrogens is 220 g/mol. The van der Waals surface area contributed by atoms with Gasteiger partial charge in [-0.1, -0.05) is 23.7 Å². The molecule has 0 spiro atoms. The predicted molar refractivity (Wildman–Crippen MR) is 53.4 cm³/mol. The summed E-state index contributed by atoms with van der Waals surface area (Å²) in [6.45, 7) is 2.88. The molecule has 1 aromatic rings. The average molecular weight is 229 g/mol. The first-order chi connectivity index (χ1) is 7.02. The van der Waals surface area contributed by atoms with E-state index in [1.54, 1.807) is 19.1 Å². The summed E-state index contributed by atoms with van der Waals surface area (Å²) >= 11 is 5.86. The minimum Gasteiger partial charge on any atom is -0.248 e. The van der Waals surface area contributed by atoms with E-state index in [9.17, 15) is 9.59 Å². The smallest absolute Gasteiger partial charge is 0.248 e. The summed E-state index contributed by atoms with van der Waals surface area (Å²) in [5, 5.41) is 0.287. The highest BCUT2D eigenvalue weighted by molar-refractivity contribution is 6.34. The molecule has 1 rings (SSSR count). The number of carbonyl (C=O) groups is 2. The summed E-state index contributed by atoms with van der Waals surface area (Å²) in [4.78, 5) is 30.1. The Labute approximate surface area is 91.7 Å². The number of halogens is 1. The molecule has 0 saturated carbocycles. The van der Waals surface area contributed by atoms with E-state index in [1.165, 1.54) is 6.07 Å². The van der Waals surface area contributed by atoms with Gasteiger partial charge >= 0.3 is 11.9 Å². The van der Waals surface area contributed by atoms with Gasteiger partial charge in [0.05, 0.1) is 10.6 Å². The first-order valence-electron chi connectivity index (χ1n) is 4.17. The van der Waals surface area contributed by atoms with Crippen LogP contribution in [-0.4, -0.2) is 11.9 Å². The van der Waals surface area contributed by atoms with Gasteiger partial charge in [0, 0.05) is 6.92 Å². The summed E-state index contributed by atoms with van der Waals surface area (Å²) in [6.07, 6.45) is 0. The number of carbonyl (C=O) groups excluding carboxylic acids is 2. The van der Waals surface area contributed by atoms with Crippen molar-refractivity contribution in [2.75, 3.05) is 0 Å².